The van der Waals surface area contributed by atoms with Crippen molar-refractivity contribution in [3.05, 3.63) is 65.2 Å². The molecule has 1 aliphatic heterocycles. The van der Waals surface area contributed by atoms with Gasteiger partial charge in [0.15, 0.2) is 0 Å². The Morgan fingerprint density at radius 1 is 1.07 bits per heavy atom. The van der Waals surface area contributed by atoms with Gasteiger partial charge in [-0.05, 0) is 76.3 Å². The SMILES string of the molecule is Cc1cc(C(=O)N2CCCCC2C)ccc1NC(=O)C(C)(C)c1ccccc1. The molecular weight excluding hydrogens is 348 g/mol. The molecule has 0 bridgehead atoms. The predicted octanol–water partition coefficient (Wildman–Crippen LogP) is 4.93. The van der Waals surface area contributed by atoms with E-state index in [1.54, 1.807) is 0 Å². The van der Waals surface area contributed by atoms with Gasteiger partial charge in [-0.25, -0.2) is 0 Å². The lowest BCUT2D eigenvalue weighted by molar-refractivity contribution is -0.120. The third kappa shape index (κ3) is 4.11. The largest absolute Gasteiger partial charge is 0.336 e. The number of nitrogens with one attached hydrogen (secondary N) is 1. The van der Waals surface area contributed by atoms with E-state index in [-0.39, 0.29) is 17.9 Å². The second-order valence-electron chi connectivity index (χ2n) is 8.32. The second-order valence-corrected chi connectivity index (χ2v) is 8.32. The van der Waals surface area contributed by atoms with Gasteiger partial charge in [0.1, 0.15) is 0 Å². The van der Waals surface area contributed by atoms with Crippen molar-refractivity contribution in [3.8, 4) is 0 Å². The molecule has 2 aromatic rings. The number of carbonyl (C=O) groups is 2. The fourth-order valence-corrected chi connectivity index (χ4v) is 3.77. The molecule has 28 heavy (non-hydrogen) atoms. The Balaban J connectivity index is 1.75. The van der Waals surface area contributed by atoms with Crippen LogP contribution < -0.4 is 5.32 Å². The number of carbonyl (C=O) groups excluding carboxylic acids is 2. The van der Waals surface area contributed by atoms with Crippen molar-refractivity contribution in [2.75, 3.05) is 11.9 Å². The van der Waals surface area contributed by atoms with Gasteiger partial charge in [-0.3, -0.25) is 9.59 Å². The Labute approximate surface area is 167 Å². The highest BCUT2D eigenvalue weighted by Gasteiger charge is 2.30. The number of benzene rings is 2. The van der Waals surface area contributed by atoms with Crippen LogP contribution in [0.2, 0.25) is 0 Å². The maximum atomic E-state index is 12.9. The molecule has 1 aliphatic rings. The molecule has 148 valence electrons. The van der Waals surface area contributed by atoms with Gasteiger partial charge in [0, 0.05) is 23.8 Å². The first-order valence-electron chi connectivity index (χ1n) is 10.1. The van der Waals surface area contributed by atoms with Crippen LogP contribution in [0.4, 0.5) is 5.69 Å². The van der Waals surface area contributed by atoms with Gasteiger partial charge in [0.05, 0.1) is 5.41 Å². The highest BCUT2D eigenvalue weighted by molar-refractivity contribution is 6.00. The van der Waals surface area contributed by atoms with Crippen LogP contribution in [0.1, 0.15) is 61.5 Å². The molecule has 0 saturated carbocycles. The monoisotopic (exact) mass is 378 g/mol. The van der Waals surface area contributed by atoms with E-state index < -0.39 is 5.41 Å². The smallest absolute Gasteiger partial charge is 0.254 e. The summed E-state index contributed by atoms with van der Waals surface area (Å²) in [4.78, 5) is 27.8. The number of likely N-dealkylation sites (tertiary alicyclic amines) is 1. The molecule has 1 atom stereocenters. The van der Waals surface area contributed by atoms with Gasteiger partial charge in [-0.15, -0.1) is 0 Å². The quantitative estimate of drug-likeness (QED) is 0.820. The number of hydrogen-bond acceptors (Lipinski definition) is 2. The van der Waals surface area contributed by atoms with Gasteiger partial charge < -0.3 is 10.2 Å². The normalized spacial score (nSPS) is 17.3. The molecule has 2 amide bonds. The van der Waals surface area contributed by atoms with Crippen molar-refractivity contribution in [1.82, 2.24) is 4.90 Å². The van der Waals surface area contributed by atoms with E-state index in [2.05, 4.69) is 12.2 Å². The topological polar surface area (TPSA) is 49.4 Å². The first-order chi connectivity index (χ1) is 13.3. The maximum Gasteiger partial charge on any atom is 0.254 e. The minimum Gasteiger partial charge on any atom is -0.336 e. The summed E-state index contributed by atoms with van der Waals surface area (Å²) < 4.78 is 0. The van der Waals surface area contributed by atoms with Crippen molar-refractivity contribution in [3.63, 3.8) is 0 Å². The molecule has 0 radical (unpaired) electrons. The third-order valence-corrected chi connectivity index (χ3v) is 5.85. The average molecular weight is 379 g/mol. The molecule has 0 aliphatic carbocycles. The van der Waals surface area contributed by atoms with E-state index >= 15 is 0 Å². The fraction of sp³-hybridized carbons (Fsp3) is 0.417. The van der Waals surface area contributed by atoms with E-state index in [0.717, 1.165) is 36.2 Å². The maximum absolute atomic E-state index is 12.9. The van der Waals surface area contributed by atoms with E-state index in [4.69, 9.17) is 0 Å². The first-order valence-corrected chi connectivity index (χ1v) is 10.1. The molecule has 1 fully saturated rings. The van der Waals surface area contributed by atoms with Crippen LogP contribution in [0, 0.1) is 6.92 Å². The third-order valence-electron chi connectivity index (χ3n) is 5.85. The number of hydrogen-bond donors (Lipinski definition) is 1. The van der Waals surface area contributed by atoms with E-state index in [1.807, 2.05) is 74.2 Å². The van der Waals surface area contributed by atoms with E-state index in [1.165, 1.54) is 6.42 Å². The van der Waals surface area contributed by atoms with Crippen molar-refractivity contribution in [1.29, 1.82) is 0 Å². The predicted molar refractivity (Wildman–Crippen MR) is 114 cm³/mol. The lowest BCUT2D eigenvalue weighted by Gasteiger charge is -2.33. The zero-order valence-corrected chi connectivity index (χ0v) is 17.3. The van der Waals surface area contributed by atoms with Crippen LogP contribution in [0.15, 0.2) is 48.5 Å². The Hall–Kier alpha value is -2.62. The molecule has 4 heteroatoms. The van der Waals surface area contributed by atoms with Gasteiger partial charge in [-0.2, -0.15) is 0 Å². The van der Waals surface area contributed by atoms with E-state index in [0.29, 0.717) is 5.56 Å². The van der Waals surface area contributed by atoms with Gasteiger partial charge in [-0.1, -0.05) is 30.3 Å². The minimum atomic E-state index is -0.647. The highest BCUT2D eigenvalue weighted by atomic mass is 16.2. The van der Waals surface area contributed by atoms with Gasteiger partial charge in [0.25, 0.3) is 5.91 Å². The summed E-state index contributed by atoms with van der Waals surface area (Å²) in [5.74, 6) is 0.0170. The number of aryl methyl sites for hydroxylation is 1. The summed E-state index contributed by atoms with van der Waals surface area (Å²) in [6, 6.07) is 15.6. The fourth-order valence-electron chi connectivity index (χ4n) is 3.77. The molecule has 1 heterocycles. The lowest BCUT2D eigenvalue weighted by atomic mass is 9.83. The Morgan fingerprint density at radius 2 is 1.79 bits per heavy atom. The molecule has 1 saturated heterocycles. The van der Waals surface area contributed by atoms with Crippen LogP contribution in [-0.2, 0) is 10.2 Å². The highest BCUT2D eigenvalue weighted by Crippen LogP contribution is 2.27. The Kier molecular flexibility index (Phi) is 5.87. The van der Waals surface area contributed by atoms with Crippen LogP contribution in [0.25, 0.3) is 0 Å². The molecule has 1 N–H and O–H groups in total. The molecule has 2 aromatic carbocycles. The number of anilines is 1. The van der Waals surface area contributed by atoms with Crippen molar-refractivity contribution in [2.24, 2.45) is 0 Å². The summed E-state index contributed by atoms with van der Waals surface area (Å²) in [6.07, 6.45) is 3.32. The van der Waals surface area contributed by atoms with Crippen molar-refractivity contribution >= 4 is 17.5 Å². The molecule has 3 rings (SSSR count). The van der Waals surface area contributed by atoms with Gasteiger partial charge in [0.2, 0.25) is 5.91 Å². The van der Waals surface area contributed by atoms with Gasteiger partial charge >= 0.3 is 0 Å². The molecule has 1 unspecified atom stereocenters. The summed E-state index contributed by atoms with van der Waals surface area (Å²) in [5, 5.41) is 3.04. The van der Waals surface area contributed by atoms with Crippen molar-refractivity contribution < 1.29 is 9.59 Å². The standard InChI is InChI=1S/C24H30N2O2/c1-17-16-19(22(27)26-15-9-8-10-18(26)2)13-14-21(17)25-23(28)24(3,4)20-11-6-5-7-12-20/h5-7,11-14,16,18H,8-10,15H2,1-4H3,(H,25,28). The van der Waals surface area contributed by atoms with Crippen LogP contribution in [-0.4, -0.2) is 29.3 Å². The summed E-state index contributed by atoms with van der Waals surface area (Å²) >= 11 is 0. The molecule has 0 spiro atoms. The number of piperidine rings is 1. The summed E-state index contributed by atoms with van der Waals surface area (Å²) in [5.41, 5.74) is 2.65. The minimum absolute atomic E-state index is 0.0643. The zero-order chi connectivity index (χ0) is 20.3. The zero-order valence-electron chi connectivity index (χ0n) is 17.3. The summed E-state index contributed by atoms with van der Waals surface area (Å²) in [6.45, 7) is 8.71. The lowest BCUT2D eigenvalue weighted by Crippen LogP contribution is -2.42. The molecule has 4 nitrogen and oxygen atoms in total. The number of rotatable bonds is 4. The van der Waals surface area contributed by atoms with Crippen LogP contribution >= 0.6 is 0 Å². The molecule has 0 aromatic heterocycles. The Bertz CT molecular complexity index is 858. The first kappa shape index (κ1) is 20.1. The van der Waals surface area contributed by atoms with Crippen molar-refractivity contribution in [2.45, 2.75) is 58.4 Å². The summed E-state index contributed by atoms with van der Waals surface area (Å²) in [7, 11) is 0. The average Bonchev–Trinajstić information content (AvgIpc) is 2.70. The van der Waals surface area contributed by atoms with Crippen LogP contribution in [0.3, 0.4) is 0 Å². The number of amides is 2. The number of nitrogens with zero attached hydrogens (tertiary/aromatic N) is 1. The second kappa shape index (κ2) is 8.17. The van der Waals surface area contributed by atoms with Crippen LogP contribution in [0.5, 0.6) is 0 Å². The Morgan fingerprint density at radius 3 is 2.43 bits per heavy atom. The van der Waals surface area contributed by atoms with E-state index in [9.17, 15) is 9.59 Å². The molecular formula is C24H30N2O2.